The largest absolute Gasteiger partial charge is 0.272 e. The second-order valence-electron chi connectivity index (χ2n) is 2.97. The summed E-state index contributed by atoms with van der Waals surface area (Å²) in [6.07, 6.45) is 0. The maximum atomic E-state index is 10.9. The molecular weight excluding hydrogens is 182 g/mol. The zero-order chi connectivity index (χ0) is 9.26. The zero-order valence-corrected chi connectivity index (χ0v) is 8.10. The molecule has 0 fully saturated rings. The van der Waals surface area contributed by atoms with Crippen molar-refractivity contribution in [1.82, 2.24) is 0 Å². The standard InChI is InChI=1S/C10H9NOS/c1-7-3-2-4-8(5-7)10-11-9(12)6-13-10/h2-5H,6H2,1H3. The summed E-state index contributed by atoms with van der Waals surface area (Å²) in [5, 5.41) is 0.855. The van der Waals surface area contributed by atoms with Crippen LogP contribution in [0.2, 0.25) is 0 Å². The Kier molecular flexibility index (Phi) is 2.19. The topological polar surface area (TPSA) is 29.4 Å². The van der Waals surface area contributed by atoms with Crippen molar-refractivity contribution >= 4 is 22.7 Å². The number of benzene rings is 1. The first-order valence-corrected chi connectivity index (χ1v) is 5.05. The molecule has 1 heterocycles. The van der Waals surface area contributed by atoms with Gasteiger partial charge in [0.15, 0.2) is 0 Å². The van der Waals surface area contributed by atoms with E-state index in [4.69, 9.17) is 0 Å². The molecule has 66 valence electrons. The van der Waals surface area contributed by atoms with E-state index in [0.717, 1.165) is 10.6 Å². The Morgan fingerprint density at radius 3 is 2.92 bits per heavy atom. The van der Waals surface area contributed by atoms with Gasteiger partial charge in [-0.05, 0) is 13.0 Å². The predicted octanol–water partition coefficient (Wildman–Crippen LogP) is 2.02. The number of amides is 1. The van der Waals surface area contributed by atoms with E-state index in [0.29, 0.717) is 5.75 Å². The number of nitrogens with zero attached hydrogens (tertiary/aromatic N) is 1. The van der Waals surface area contributed by atoms with Crippen molar-refractivity contribution < 1.29 is 4.79 Å². The summed E-state index contributed by atoms with van der Waals surface area (Å²) >= 11 is 1.51. The molecule has 1 aliphatic rings. The molecule has 1 aromatic carbocycles. The third-order valence-corrected chi connectivity index (χ3v) is 2.82. The van der Waals surface area contributed by atoms with Gasteiger partial charge in [-0.25, -0.2) is 4.99 Å². The van der Waals surface area contributed by atoms with E-state index in [1.54, 1.807) is 0 Å². The van der Waals surface area contributed by atoms with Gasteiger partial charge in [-0.2, -0.15) is 0 Å². The molecule has 1 amide bonds. The summed E-state index contributed by atoms with van der Waals surface area (Å²) in [6, 6.07) is 8.05. The Balaban J connectivity index is 2.36. The fourth-order valence-electron chi connectivity index (χ4n) is 1.23. The minimum Gasteiger partial charge on any atom is -0.272 e. The first kappa shape index (κ1) is 8.51. The highest BCUT2D eigenvalue weighted by molar-refractivity contribution is 8.15. The SMILES string of the molecule is Cc1cccc(C2=NC(=O)CS2)c1. The first-order chi connectivity index (χ1) is 6.25. The minimum atomic E-state index is -0.0264. The number of carbonyl (C=O) groups excluding carboxylic acids is 1. The summed E-state index contributed by atoms with van der Waals surface area (Å²) in [6.45, 7) is 2.03. The van der Waals surface area contributed by atoms with Gasteiger partial charge in [-0.3, -0.25) is 4.79 Å². The summed E-state index contributed by atoms with van der Waals surface area (Å²) < 4.78 is 0. The number of carbonyl (C=O) groups is 1. The van der Waals surface area contributed by atoms with Crippen LogP contribution in [0.4, 0.5) is 0 Å². The van der Waals surface area contributed by atoms with Crippen LogP contribution in [0.5, 0.6) is 0 Å². The molecule has 0 saturated heterocycles. The van der Waals surface area contributed by atoms with E-state index in [1.165, 1.54) is 17.3 Å². The lowest BCUT2D eigenvalue weighted by Crippen LogP contribution is -1.91. The Bertz CT molecular complexity index is 384. The number of aryl methyl sites for hydroxylation is 1. The molecule has 0 atom stereocenters. The van der Waals surface area contributed by atoms with Gasteiger partial charge in [0.2, 0.25) is 0 Å². The van der Waals surface area contributed by atoms with Gasteiger partial charge in [-0.1, -0.05) is 35.5 Å². The van der Waals surface area contributed by atoms with E-state index >= 15 is 0 Å². The second-order valence-corrected chi connectivity index (χ2v) is 3.93. The van der Waals surface area contributed by atoms with E-state index in [-0.39, 0.29) is 5.91 Å². The molecule has 0 radical (unpaired) electrons. The van der Waals surface area contributed by atoms with Crippen molar-refractivity contribution in [2.45, 2.75) is 6.92 Å². The minimum absolute atomic E-state index is 0.0264. The molecule has 0 saturated carbocycles. The van der Waals surface area contributed by atoms with Crippen molar-refractivity contribution in [3.05, 3.63) is 35.4 Å². The average molecular weight is 191 g/mol. The van der Waals surface area contributed by atoms with Crippen LogP contribution in [0.3, 0.4) is 0 Å². The summed E-state index contributed by atoms with van der Waals surface area (Å²) in [4.78, 5) is 14.8. The molecule has 0 bridgehead atoms. The van der Waals surface area contributed by atoms with Crippen LogP contribution in [0.1, 0.15) is 11.1 Å². The lowest BCUT2D eigenvalue weighted by molar-refractivity contribution is -0.115. The molecule has 3 heteroatoms. The lowest BCUT2D eigenvalue weighted by atomic mass is 10.1. The van der Waals surface area contributed by atoms with Gasteiger partial charge in [0.25, 0.3) is 5.91 Å². The van der Waals surface area contributed by atoms with Gasteiger partial charge in [0.1, 0.15) is 5.04 Å². The van der Waals surface area contributed by atoms with Crippen molar-refractivity contribution in [3.63, 3.8) is 0 Å². The van der Waals surface area contributed by atoms with Crippen molar-refractivity contribution in [1.29, 1.82) is 0 Å². The number of rotatable bonds is 1. The van der Waals surface area contributed by atoms with Gasteiger partial charge < -0.3 is 0 Å². The molecule has 0 aromatic heterocycles. The molecular formula is C10H9NOS. The molecule has 0 aliphatic carbocycles. The normalized spacial score (nSPS) is 16.1. The monoisotopic (exact) mass is 191 g/mol. The van der Waals surface area contributed by atoms with Crippen LogP contribution in [0.15, 0.2) is 29.3 Å². The van der Waals surface area contributed by atoms with Gasteiger partial charge in [-0.15, -0.1) is 0 Å². The summed E-state index contributed by atoms with van der Waals surface area (Å²) in [5.41, 5.74) is 2.25. The number of aliphatic imine (C=N–C) groups is 1. The van der Waals surface area contributed by atoms with E-state index in [1.807, 2.05) is 31.2 Å². The molecule has 0 unspecified atom stereocenters. The Morgan fingerprint density at radius 2 is 2.31 bits per heavy atom. The van der Waals surface area contributed by atoms with Crippen LogP contribution in [0, 0.1) is 6.92 Å². The summed E-state index contributed by atoms with van der Waals surface area (Å²) in [5.74, 6) is 0.463. The predicted molar refractivity (Wildman–Crippen MR) is 55.2 cm³/mol. The number of hydrogen-bond donors (Lipinski definition) is 0. The Hall–Kier alpha value is -1.09. The zero-order valence-electron chi connectivity index (χ0n) is 7.28. The van der Waals surface area contributed by atoms with Crippen LogP contribution >= 0.6 is 11.8 Å². The molecule has 13 heavy (non-hydrogen) atoms. The second kappa shape index (κ2) is 3.34. The van der Waals surface area contributed by atoms with Crippen LogP contribution < -0.4 is 0 Å². The fourth-order valence-corrected chi connectivity index (χ4v) is 2.02. The number of hydrogen-bond acceptors (Lipinski definition) is 2. The lowest BCUT2D eigenvalue weighted by Gasteiger charge is -1.99. The molecule has 1 aliphatic heterocycles. The highest BCUT2D eigenvalue weighted by Gasteiger charge is 2.15. The van der Waals surface area contributed by atoms with Gasteiger partial charge in [0, 0.05) is 5.56 Å². The van der Waals surface area contributed by atoms with Crippen LogP contribution in [-0.2, 0) is 4.79 Å². The third-order valence-electron chi connectivity index (χ3n) is 1.82. The smallest absolute Gasteiger partial charge is 0.257 e. The fraction of sp³-hybridized carbons (Fsp3) is 0.200. The molecule has 2 rings (SSSR count). The molecule has 0 spiro atoms. The van der Waals surface area contributed by atoms with Gasteiger partial charge in [0.05, 0.1) is 5.75 Å². The van der Waals surface area contributed by atoms with E-state index in [9.17, 15) is 4.79 Å². The summed E-state index contributed by atoms with van der Waals surface area (Å²) in [7, 11) is 0. The van der Waals surface area contributed by atoms with Gasteiger partial charge >= 0.3 is 0 Å². The third kappa shape index (κ3) is 1.80. The maximum Gasteiger partial charge on any atom is 0.257 e. The highest BCUT2D eigenvalue weighted by atomic mass is 32.2. The van der Waals surface area contributed by atoms with Crippen molar-refractivity contribution in [2.24, 2.45) is 4.99 Å². The Morgan fingerprint density at radius 1 is 1.46 bits per heavy atom. The van der Waals surface area contributed by atoms with E-state index < -0.39 is 0 Å². The Labute approximate surface area is 81.1 Å². The quantitative estimate of drug-likeness (QED) is 0.679. The molecule has 0 N–H and O–H groups in total. The van der Waals surface area contributed by atoms with E-state index in [2.05, 4.69) is 4.99 Å². The first-order valence-electron chi connectivity index (χ1n) is 4.07. The van der Waals surface area contributed by atoms with Crippen LogP contribution in [0.25, 0.3) is 0 Å². The molecule has 2 nitrogen and oxygen atoms in total. The highest BCUT2D eigenvalue weighted by Crippen LogP contribution is 2.20. The van der Waals surface area contributed by atoms with Crippen molar-refractivity contribution in [3.8, 4) is 0 Å². The molecule has 1 aromatic rings. The average Bonchev–Trinajstić information content (AvgIpc) is 2.52. The number of thioether (sulfide) groups is 1. The maximum absolute atomic E-state index is 10.9. The van der Waals surface area contributed by atoms with Crippen molar-refractivity contribution in [2.75, 3.05) is 5.75 Å². The van der Waals surface area contributed by atoms with Crippen LogP contribution in [-0.4, -0.2) is 16.7 Å².